The topological polar surface area (TPSA) is 40.6 Å². The van der Waals surface area contributed by atoms with Crippen LogP contribution in [0.2, 0.25) is 5.02 Å². The van der Waals surface area contributed by atoms with E-state index >= 15 is 0 Å². The molecule has 0 fully saturated rings. The summed E-state index contributed by atoms with van der Waals surface area (Å²) in [5, 5.41) is 3.36. The van der Waals surface area contributed by atoms with Crippen molar-refractivity contribution in [3.63, 3.8) is 0 Å². The Morgan fingerprint density at radius 2 is 1.12 bits per heavy atom. The summed E-state index contributed by atoms with van der Waals surface area (Å²) < 4.78 is 0. The van der Waals surface area contributed by atoms with Crippen LogP contribution in [-0.2, 0) is 0 Å². The molecule has 0 saturated heterocycles. The molecule has 0 atom stereocenters. The van der Waals surface area contributed by atoms with Gasteiger partial charge in [0.25, 0.3) is 11.8 Å². The number of anilines is 2. The van der Waals surface area contributed by atoms with Crippen LogP contribution in [0.1, 0.15) is 20.7 Å². The molecule has 0 bridgehead atoms. The quantitative estimate of drug-likeness (QED) is 0.645. The van der Waals surface area contributed by atoms with Crippen molar-refractivity contribution in [2.75, 3.05) is 5.01 Å². The van der Waals surface area contributed by atoms with Gasteiger partial charge in [0.15, 0.2) is 0 Å². The molecule has 122 valence electrons. The lowest BCUT2D eigenvalue weighted by Crippen LogP contribution is -2.43. The first-order valence-electron chi connectivity index (χ1n) is 7.75. The van der Waals surface area contributed by atoms with E-state index in [2.05, 4.69) is 0 Å². The van der Waals surface area contributed by atoms with E-state index in [1.807, 2.05) is 30.3 Å². The maximum absolute atomic E-state index is 12.9. The molecule has 0 unspecified atom stereocenters. The van der Waals surface area contributed by atoms with Gasteiger partial charge in [-0.2, -0.15) is 5.01 Å². The Kier molecular flexibility index (Phi) is 3.75. The molecular weight excluding hydrogens is 336 g/mol. The van der Waals surface area contributed by atoms with Crippen molar-refractivity contribution in [3.8, 4) is 0 Å². The summed E-state index contributed by atoms with van der Waals surface area (Å²) in [6.45, 7) is 0. The smallest absolute Gasteiger partial charge is 0.267 e. The molecule has 25 heavy (non-hydrogen) atoms. The van der Waals surface area contributed by atoms with Gasteiger partial charge in [0.2, 0.25) is 0 Å². The third-order valence-electron chi connectivity index (χ3n) is 4.04. The maximum Gasteiger partial charge on any atom is 0.281 e. The molecule has 1 heterocycles. The monoisotopic (exact) mass is 348 g/mol. The number of carbonyl (C=O) groups excluding carboxylic acids is 2. The summed E-state index contributed by atoms with van der Waals surface area (Å²) in [7, 11) is 0. The van der Waals surface area contributed by atoms with Crippen LogP contribution < -0.4 is 5.01 Å². The Labute approximate surface area is 149 Å². The van der Waals surface area contributed by atoms with Crippen LogP contribution in [-0.4, -0.2) is 16.8 Å². The van der Waals surface area contributed by atoms with E-state index in [1.54, 1.807) is 53.5 Å². The number of hydrogen-bond donors (Lipinski definition) is 0. The second-order valence-electron chi connectivity index (χ2n) is 5.59. The highest BCUT2D eigenvalue weighted by Crippen LogP contribution is 2.33. The minimum atomic E-state index is -0.348. The van der Waals surface area contributed by atoms with Gasteiger partial charge in [-0.25, -0.2) is 5.01 Å². The molecule has 0 N–H and O–H groups in total. The number of para-hydroxylation sites is 1. The molecule has 4 nitrogen and oxygen atoms in total. The summed E-state index contributed by atoms with van der Waals surface area (Å²) in [5.41, 5.74) is 2.19. The number of nitrogens with zero attached hydrogens (tertiary/aromatic N) is 2. The summed E-state index contributed by atoms with van der Waals surface area (Å²) in [6.07, 6.45) is 0. The van der Waals surface area contributed by atoms with Crippen LogP contribution in [0.25, 0.3) is 0 Å². The van der Waals surface area contributed by atoms with Gasteiger partial charge in [-0.15, -0.1) is 0 Å². The number of benzene rings is 3. The lowest BCUT2D eigenvalue weighted by atomic mass is 10.1. The first kappa shape index (κ1) is 15.4. The average Bonchev–Trinajstić information content (AvgIpc) is 2.90. The molecule has 0 radical (unpaired) electrons. The standard InChI is InChI=1S/C20H13ClN2O2/c21-14-10-12-16(13-11-14)22(15-6-2-1-3-7-15)23-19(24)17-8-4-5-9-18(17)20(23)25/h1-13H. The fourth-order valence-electron chi connectivity index (χ4n) is 2.89. The maximum atomic E-state index is 12.9. The lowest BCUT2D eigenvalue weighted by Gasteiger charge is -2.32. The number of rotatable bonds is 3. The van der Waals surface area contributed by atoms with Gasteiger partial charge in [0.1, 0.15) is 0 Å². The van der Waals surface area contributed by atoms with Crippen molar-refractivity contribution in [1.29, 1.82) is 0 Å². The van der Waals surface area contributed by atoms with E-state index in [1.165, 1.54) is 5.01 Å². The minimum Gasteiger partial charge on any atom is -0.267 e. The number of fused-ring (bicyclic) bond motifs is 1. The van der Waals surface area contributed by atoms with E-state index in [9.17, 15) is 9.59 Å². The molecule has 2 amide bonds. The lowest BCUT2D eigenvalue weighted by molar-refractivity contribution is 0.0654. The number of hydrogen-bond acceptors (Lipinski definition) is 3. The molecule has 4 rings (SSSR count). The van der Waals surface area contributed by atoms with E-state index in [0.29, 0.717) is 27.5 Å². The third kappa shape index (κ3) is 2.57. The third-order valence-corrected chi connectivity index (χ3v) is 4.30. The number of carbonyl (C=O) groups is 2. The fourth-order valence-corrected chi connectivity index (χ4v) is 3.02. The van der Waals surface area contributed by atoms with Gasteiger partial charge >= 0.3 is 0 Å². The van der Waals surface area contributed by atoms with Crippen molar-refractivity contribution >= 4 is 34.8 Å². The molecule has 5 heteroatoms. The molecular formula is C20H13ClN2O2. The molecule has 0 aliphatic carbocycles. The van der Waals surface area contributed by atoms with Crippen LogP contribution >= 0.6 is 11.6 Å². The molecule has 1 aliphatic heterocycles. The van der Waals surface area contributed by atoms with Crippen molar-refractivity contribution in [1.82, 2.24) is 5.01 Å². The Hall–Kier alpha value is -3.11. The fraction of sp³-hybridized carbons (Fsp3) is 0. The number of amides is 2. The van der Waals surface area contributed by atoms with Gasteiger partial charge in [-0.3, -0.25) is 9.59 Å². The zero-order valence-corrected chi connectivity index (χ0v) is 13.9. The van der Waals surface area contributed by atoms with Crippen LogP contribution in [0.4, 0.5) is 11.4 Å². The Balaban J connectivity index is 1.86. The molecule has 0 spiro atoms. The van der Waals surface area contributed by atoms with E-state index < -0.39 is 0 Å². The van der Waals surface area contributed by atoms with E-state index in [4.69, 9.17) is 11.6 Å². The zero-order chi connectivity index (χ0) is 17.4. The summed E-state index contributed by atoms with van der Waals surface area (Å²) in [4.78, 5) is 25.8. The Morgan fingerprint density at radius 3 is 1.68 bits per heavy atom. The second kappa shape index (κ2) is 6.07. The highest BCUT2D eigenvalue weighted by molar-refractivity contribution is 6.30. The summed E-state index contributed by atoms with van der Waals surface area (Å²) >= 11 is 5.99. The molecule has 3 aromatic rings. The van der Waals surface area contributed by atoms with Crippen LogP contribution in [0, 0.1) is 0 Å². The van der Waals surface area contributed by atoms with Crippen LogP contribution in [0.15, 0.2) is 78.9 Å². The van der Waals surface area contributed by atoms with Gasteiger partial charge in [0.05, 0.1) is 22.5 Å². The predicted molar refractivity (Wildman–Crippen MR) is 97.0 cm³/mol. The highest BCUT2D eigenvalue weighted by Gasteiger charge is 2.40. The highest BCUT2D eigenvalue weighted by atomic mass is 35.5. The van der Waals surface area contributed by atoms with Crippen molar-refractivity contribution in [2.45, 2.75) is 0 Å². The largest absolute Gasteiger partial charge is 0.281 e. The second-order valence-corrected chi connectivity index (χ2v) is 6.03. The number of hydrazine groups is 1. The van der Waals surface area contributed by atoms with Crippen LogP contribution in [0.3, 0.4) is 0 Å². The Bertz CT molecular complexity index is 920. The molecule has 3 aromatic carbocycles. The van der Waals surface area contributed by atoms with Gasteiger partial charge in [-0.05, 0) is 48.5 Å². The van der Waals surface area contributed by atoms with Crippen molar-refractivity contribution < 1.29 is 9.59 Å². The number of halogens is 1. The van der Waals surface area contributed by atoms with Gasteiger partial charge in [0, 0.05) is 5.02 Å². The SMILES string of the molecule is O=C1c2ccccc2C(=O)N1N(c1ccccc1)c1ccc(Cl)cc1. The normalized spacial score (nSPS) is 13.1. The summed E-state index contributed by atoms with van der Waals surface area (Å²) in [5.74, 6) is -0.696. The molecule has 0 aromatic heterocycles. The average molecular weight is 349 g/mol. The minimum absolute atomic E-state index is 0.348. The van der Waals surface area contributed by atoms with Gasteiger partial charge in [-0.1, -0.05) is 41.9 Å². The summed E-state index contributed by atoms with van der Waals surface area (Å²) in [6, 6.07) is 23.1. The molecule has 1 aliphatic rings. The van der Waals surface area contributed by atoms with E-state index in [-0.39, 0.29) is 11.8 Å². The van der Waals surface area contributed by atoms with Crippen molar-refractivity contribution in [3.05, 3.63) is 95.0 Å². The Morgan fingerprint density at radius 1 is 0.640 bits per heavy atom. The van der Waals surface area contributed by atoms with E-state index in [0.717, 1.165) is 0 Å². The van der Waals surface area contributed by atoms with Crippen molar-refractivity contribution in [2.24, 2.45) is 0 Å². The molecule has 0 saturated carbocycles. The number of imide groups is 1. The van der Waals surface area contributed by atoms with Crippen LogP contribution in [0.5, 0.6) is 0 Å². The predicted octanol–water partition coefficient (Wildman–Crippen LogP) is 4.69. The van der Waals surface area contributed by atoms with Gasteiger partial charge < -0.3 is 0 Å². The first-order chi connectivity index (χ1) is 12.2. The zero-order valence-electron chi connectivity index (χ0n) is 13.1. The first-order valence-corrected chi connectivity index (χ1v) is 8.13.